The van der Waals surface area contributed by atoms with E-state index in [2.05, 4.69) is 10.3 Å². The van der Waals surface area contributed by atoms with Gasteiger partial charge in [-0.1, -0.05) is 24.3 Å². The van der Waals surface area contributed by atoms with Gasteiger partial charge in [0.1, 0.15) is 11.7 Å². The Bertz CT molecular complexity index is 979. The first kappa shape index (κ1) is 16.3. The predicted octanol–water partition coefficient (Wildman–Crippen LogP) is 1.92. The van der Waals surface area contributed by atoms with Crippen molar-refractivity contribution in [1.29, 1.82) is 0 Å². The van der Waals surface area contributed by atoms with E-state index >= 15 is 0 Å². The molecule has 0 fully saturated rings. The molecule has 3 aromatic rings. The molecule has 0 radical (unpaired) electrons. The molecule has 0 spiro atoms. The van der Waals surface area contributed by atoms with Crippen LogP contribution in [-0.2, 0) is 29.1 Å². The lowest BCUT2D eigenvalue weighted by atomic mass is 9.93. The summed E-state index contributed by atoms with van der Waals surface area (Å²) in [5.74, 6) is -0.212. The van der Waals surface area contributed by atoms with E-state index in [4.69, 9.17) is 0 Å². The van der Waals surface area contributed by atoms with E-state index in [9.17, 15) is 9.59 Å². The molecule has 6 nitrogen and oxygen atoms in total. The van der Waals surface area contributed by atoms with Crippen molar-refractivity contribution in [1.82, 2.24) is 19.6 Å². The quantitative estimate of drug-likeness (QED) is 0.786. The van der Waals surface area contributed by atoms with Gasteiger partial charge in [0.2, 0.25) is 11.8 Å². The molecule has 0 saturated carbocycles. The summed E-state index contributed by atoms with van der Waals surface area (Å²) in [5, 5.41) is 2.97. The predicted molar refractivity (Wildman–Crippen MR) is 97.2 cm³/mol. The molecule has 1 aliphatic heterocycles. The van der Waals surface area contributed by atoms with Crippen LogP contribution in [0.15, 0.2) is 55.0 Å². The second kappa shape index (κ2) is 6.63. The second-order valence-corrected chi connectivity index (χ2v) is 6.58. The maximum absolute atomic E-state index is 12.8. The normalized spacial score (nSPS) is 16.3. The van der Waals surface area contributed by atoms with E-state index < -0.39 is 6.04 Å². The first-order chi connectivity index (χ1) is 12.6. The van der Waals surface area contributed by atoms with Crippen molar-refractivity contribution in [3.05, 3.63) is 71.7 Å². The lowest BCUT2D eigenvalue weighted by molar-refractivity contribution is -0.140. The van der Waals surface area contributed by atoms with Crippen molar-refractivity contribution in [2.24, 2.45) is 0 Å². The molecule has 26 heavy (non-hydrogen) atoms. The van der Waals surface area contributed by atoms with Crippen molar-refractivity contribution in [2.75, 3.05) is 0 Å². The Morgan fingerprint density at radius 1 is 1.19 bits per heavy atom. The van der Waals surface area contributed by atoms with Crippen LogP contribution < -0.4 is 5.32 Å². The molecule has 1 aliphatic rings. The summed E-state index contributed by atoms with van der Waals surface area (Å²) in [6.45, 7) is 2.40. The van der Waals surface area contributed by atoms with Gasteiger partial charge in [-0.25, -0.2) is 4.98 Å². The number of nitrogens with one attached hydrogen (secondary N) is 1. The molecule has 0 aliphatic carbocycles. The van der Waals surface area contributed by atoms with Crippen LogP contribution in [0, 0.1) is 0 Å². The Labute approximate surface area is 151 Å². The summed E-state index contributed by atoms with van der Waals surface area (Å²) in [5.41, 5.74) is 4.05. The molecule has 2 amide bonds. The third kappa shape index (κ3) is 3.06. The highest BCUT2D eigenvalue weighted by molar-refractivity contribution is 5.87. The van der Waals surface area contributed by atoms with Gasteiger partial charge in [-0.15, -0.1) is 0 Å². The summed E-state index contributed by atoms with van der Waals surface area (Å²) in [4.78, 5) is 30.7. The van der Waals surface area contributed by atoms with Gasteiger partial charge in [0, 0.05) is 45.0 Å². The third-order valence-electron chi connectivity index (χ3n) is 4.88. The zero-order valence-electron chi connectivity index (χ0n) is 14.6. The van der Waals surface area contributed by atoms with Crippen LogP contribution in [0.2, 0.25) is 0 Å². The van der Waals surface area contributed by atoms with E-state index in [1.54, 1.807) is 11.1 Å². The average Bonchev–Trinajstić information content (AvgIpc) is 3.12. The molecule has 1 N–H and O–H groups in total. The van der Waals surface area contributed by atoms with Gasteiger partial charge in [0.25, 0.3) is 0 Å². The minimum absolute atomic E-state index is 0.0848. The van der Waals surface area contributed by atoms with E-state index in [0.29, 0.717) is 19.5 Å². The molecule has 132 valence electrons. The van der Waals surface area contributed by atoms with Crippen molar-refractivity contribution >= 4 is 17.5 Å². The molecular weight excluding hydrogens is 328 g/mol. The monoisotopic (exact) mass is 348 g/mol. The summed E-state index contributed by atoms with van der Waals surface area (Å²) < 4.78 is 1.92. The third-order valence-corrected chi connectivity index (χ3v) is 4.88. The number of hydrogen-bond donors (Lipinski definition) is 1. The molecule has 1 aromatic carbocycles. The number of rotatable bonds is 3. The van der Waals surface area contributed by atoms with Crippen LogP contribution in [0.4, 0.5) is 0 Å². The number of pyridine rings is 1. The molecule has 0 bridgehead atoms. The molecule has 6 heteroatoms. The first-order valence-corrected chi connectivity index (χ1v) is 8.65. The highest BCUT2D eigenvalue weighted by Gasteiger charge is 2.32. The summed E-state index contributed by atoms with van der Waals surface area (Å²) in [6, 6.07) is 11.4. The van der Waals surface area contributed by atoms with Gasteiger partial charge >= 0.3 is 0 Å². The van der Waals surface area contributed by atoms with Crippen molar-refractivity contribution in [3.8, 4) is 0 Å². The highest BCUT2D eigenvalue weighted by atomic mass is 16.2. The van der Waals surface area contributed by atoms with Gasteiger partial charge in [0.15, 0.2) is 0 Å². The van der Waals surface area contributed by atoms with E-state index in [0.717, 1.165) is 22.3 Å². The van der Waals surface area contributed by atoms with Crippen LogP contribution in [0.1, 0.15) is 23.6 Å². The molecule has 3 heterocycles. The number of benzene rings is 1. The minimum Gasteiger partial charge on any atom is -0.350 e. The molecular formula is C20H20N4O2. The molecule has 1 unspecified atom stereocenters. The van der Waals surface area contributed by atoms with Crippen molar-refractivity contribution < 1.29 is 9.59 Å². The molecule has 1 atom stereocenters. The number of nitrogens with zero attached hydrogens (tertiary/aromatic N) is 3. The summed E-state index contributed by atoms with van der Waals surface area (Å²) in [6.07, 6.45) is 6.08. The lowest BCUT2D eigenvalue weighted by Crippen LogP contribution is -2.51. The number of amides is 2. The van der Waals surface area contributed by atoms with Crippen LogP contribution in [0.3, 0.4) is 0 Å². The number of carbonyl (C=O) groups excluding carboxylic acids is 2. The summed E-state index contributed by atoms with van der Waals surface area (Å²) in [7, 11) is 0. The van der Waals surface area contributed by atoms with Crippen LogP contribution in [0.25, 0.3) is 5.65 Å². The minimum atomic E-state index is -0.474. The number of hydrogen-bond acceptors (Lipinski definition) is 3. The fourth-order valence-corrected chi connectivity index (χ4v) is 3.46. The largest absolute Gasteiger partial charge is 0.350 e. The Hall–Kier alpha value is -3.15. The van der Waals surface area contributed by atoms with Gasteiger partial charge < -0.3 is 14.6 Å². The van der Waals surface area contributed by atoms with Crippen molar-refractivity contribution in [2.45, 2.75) is 32.5 Å². The lowest BCUT2D eigenvalue weighted by Gasteiger charge is -2.35. The fraction of sp³-hybridized carbons (Fsp3) is 0.250. The van der Waals surface area contributed by atoms with Crippen LogP contribution >= 0.6 is 0 Å². The Kier molecular flexibility index (Phi) is 4.16. The zero-order valence-corrected chi connectivity index (χ0v) is 14.6. The smallest absolute Gasteiger partial charge is 0.243 e. The van der Waals surface area contributed by atoms with Gasteiger partial charge in [-0.2, -0.15) is 0 Å². The van der Waals surface area contributed by atoms with Crippen molar-refractivity contribution in [3.63, 3.8) is 0 Å². The van der Waals surface area contributed by atoms with Gasteiger partial charge in [0.05, 0.1) is 0 Å². The van der Waals surface area contributed by atoms with Crippen LogP contribution in [-0.4, -0.2) is 32.1 Å². The number of aromatic nitrogens is 2. The number of carbonyl (C=O) groups is 2. The Morgan fingerprint density at radius 2 is 2.00 bits per heavy atom. The first-order valence-electron chi connectivity index (χ1n) is 8.65. The maximum atomic E-state index is 12.8. The number of imidazole rings is 1. The molecule has 2 aromatic heterocycles. The maximum Gasteiger partial charge on any atom is 0.243 e. The molecule has 4 rings (SSSR count). The molecule has 0 saturated heterocycles. The van der Waals surface area contributed by atoms with Gasteiger partial charge in [-0.05, 0) is 28.8 Å². The van der Waals surface area contributed by atoms with Crippen LogP contribution in [0.5, 0.6) is 0 Å². The van der Waals surface area contributed by atoms with E-state index in [1.807, 2.05) is 53.2 Å². The number of fused-ring (bicyclic) bond motifs is 2. The SMILES string of the molecule is CC(=O)N1Cc2ccccc2CC1C(=O)NCc1ccn2ccnc2c1. The summed E-state index contributed by atoms with van der Waals surface area (Å²) >= 11 is 0. The topological polar surface area (TPSA) is 66.7 Å². The Balaban J connectivity index is 1.49. The zero-order chi connectivity index (χ0) is 18.1. The standard InChI is InChI=1S/C20H20N4O2/c1-14(25)24-13-17-5-3-2-4-16(17)11-18(24)20(26)22-12-15-6-8-23-9-7-21-19(23)10-15/h2-10,18H,11-13H2,1H3,(H,22,26). The Morgan fingerprint density at radius 3 is 2.81 bits per heavy atom. The van der Waals surface area contributed by atoms with E-state index in [1.165, 1.54) is 6.92 Å². The average molecular weight is 348 g/mol. The second-order valence-electron chi connectivity index (χ2n) is 6.58. The highest BCUT2D eigenvalue weighted by Crippen LogP contribution is 2.23. The van der Waals surface area contributed by atoms with Gasteiger partial charge in [-0.3, -0.25) is 9.59 Å². The van der Waals surface area contributed by atoms with E-state index in [-0.39, 0.29) is 11.8 Å². The fourth-order valence-electron chi connectivity index (χ4n) is 3.46.